The topological polar surface area (TPSA) is 0 Å². The zero-order valence-corrected chi connectivity index (χ0v) is 19.1. The standard InChI is InChI=1S/C31H24S/c1-20(2)30-26(24-16-14-21-8-3-4-10-23(21)18-24)12-7-13-28(30)29-19-25-17-15-22-9-5-6-11-27(22)31(25)32-29/h3-20H,1-2H3. The molecule has 0 fully saturated rings. The van der Waals surface area contributed by atoms with Crippen molar-refractivity contribution in [2.45, 2.75) is 19.8 Å². The van der Waals surface area contributed by atoms with E-state index < -0.39 is 0 Å². The SMILES string of the molecule is CC(C)c1c(-c2ccc3ccccc3c2)cccc1-c1cc2ccc3ccccc3c2s1. The summed E-state index contributed by atoms with van der Waals surface area (Å²) in [6.45, 7) is 4.62. The molecule has 0 N–H and O–H groups in total. The van der Waals surface area contributed by atoms with Crippen molar-refractivity contribution in [2.75, 3.05) is 0 Å². The maximum atomic E-state index is 2.37. The molecule has 0 aliphatic heterocycles. The Kier molecular flexibility index (Phi) is 4.59. The fraction of sp³-hybridized carbons (Fsp3) is 0.0968. The van der Waals surface area contributed by atoms with Gasteiger partial charge in [-0.25, -0.2) is 0 Å². The molecule has 0 radical (unpaired) electrons. The highest BCUT2D eigenvalue weighted by Gasteiger charge is 2.17. The van der Waals surface area contributed by atoms with Gasteiger partial charge in [0.05, 0.1) is 0 Å². The van der Waals surface area contributed by atoms with E-state index in [1.165, 1.54) is 58.8 Å². The molecule has 0 spiro atoms. The van der Waals surface area contributed by atoms with E-state index in [9.17, 15) is 0 Å². The Balaban J connectivity index is 1.58. The first kappa shape index (κ1) is 19.3. The zero-order chi connectivity index (χ0) is 21.7. The van der Waals surface area contributed by atoms with Gasteiger partial charge in [0.25, 0.3) is 0 Å². The molecule has 0 saturated heterocycles. The first-order chi connectivity index (χ1) is 15.7. The van der Waals surface area contributed by atoms with Gasteiger partial charge in [-0.05, 0) is 67.2 Å². The lowest BCUT2D eigenvalue weighted by atomic mass is 9.87. The van der Waals surface area contributed by atoms with Crippen LogP contribution < -0.4 is 0 Å². The minimum absolute atomic E-state index is 0.426. The van der Waals surface area contributed by atoms with Gasteiger partial charge in [-0.3, -0.25) is 0 Å². The van der Waals surface area contributed by atoms with Crippen molar-refractivity contribution in [2.24, 2.45) is 0 Å². The molecule has 0 nitrogen and oxygen atoms in total. The quantitative estimate of drug-likeness (QED) is 0.263. The Morgan fingerprint density at radius 2 is 1.25 bits per heavy atom. The van der Waals surface area contributed by atoms with Gasteiger partial charge in [0.15, 0.2) is 0 Å². The monoisotopic (exact) mass is 428 g/mol. The van der Waals surface area contributed by atoms with Crippen LogP contribution in [-0.4, -0.2) is 0 Å². The van der Waals surface area contributed by atoms with Crippen molar-refractivity contribution in [1.82, 2.24) is 0 Å². The van der Waals surface area contributed by atoms with Gasteiger partial charge in [-0.1, -0.05) is 105 Å². The molecule has 6 rings (SSSR count). The van der Waals surface area contributed by atoms with Crippen LogP contribution in [0.4, 0.5) is 0 Å². The maximum Gasteiger partial charge on any atom is 0.0427 e. The lowest BCUT2D eigenvalue weighted by molar-refractivity contribution is 0.872. The number of hydrogen-bond donors (Lipinski definition) is 0. The highest BCUT2D eigenvalue weighted by Crippen LogP contribution is 2.43. The summed E-state index contributed by atoms with van der Waals surface area (Å²) in [6, 6.07) is 37.8. The summed E-state index contributed by atoms with van der Waals surface area (Å²) in [6.07, 6.45) is 0. The highest BCUT2D eigenvalue weighted by molar-refractivity contribution is 7.23. The first-order valence-electron chi connectivity index (χ1n) is 11.2. The van der Waals surface area contributed by atoms with Crippen molar-refractivity contribution in [3.63, 3.8) is 0 Å². The lowest BCUT2D eigenvalue weighted by Gasteiger charge is -2.18. The number of fused-ring (bicyclic) bond motifs is 4. The van der Waals surface area contributed by atoms with Gasteiger partial charge >= 0.3 is 0 Å². The maximum absolute atomic E-state index is 2.37. The summed E-state index contributed by atoms with van der Waals surface area (Å²) in [4.78, 5) is 1.35. The third kappa shape index (κ3) is 3.13. The normalized spacial score (nSPS) is 11.7. The molecule has 1 heteroatoms. The molecule has 0 atom stereocenters. The predicted octanol–water partition coefficient (Wildman–Crippen LogP) is 9.67. The van der Waals surface area contributed by atoms with Gasteiger partial charge in [-0.2, -0.15) is 0 Å². The van der Waals surface area contributed by atoms with E-state index in [1.54, 1.807) is 0 Å². The van der Waals surface area contributed by atoms with Crippen LogP contribution in [0.2, 0.25) is 0 Å². The van der Waals surface area contributed by atoms with E-state index in [0.717, 1.165) is 0 Å². The summed E-state index contributed by atoms with van der Waals surface area (Å²) >= 11 is 1.92. The second-order valence-electron chi connectivity index (χ2n) is 8.80. The highest BCUT2D eigenvalue weighted by atomic mass is 32.1. The van der Waals surface area contributed by atoms with E-state index in [4.69, 9.17) is 0 Å². The molecule has 0 aliphatic rings. The fourth-order valence-corrected chi connectivity index (χ4v) is 6.15. The Labute approximate surface area is 192 Å². The molecule has 0 amide bonds. The Morgan fingerprint density at radius 3 is 2.09 bits per heavy atom. The first-order valence-corrected chi connectivity index (χ1v) is 12.0. The smallest absolute Gasteiger partial charge is 0.0427 e. The molecule has 0 unspecified atom stereocenters. The van der Waals surface area contributed by atoms with E-state index >= 15 is 0 Å². The Bertz CT molecular complexity index is 1600. The average molecular weight is 429 g/mol. The summed E-state index contributed by atoms with van der Waals surface area (Å²) < 4.78 is 1.38. The van der Waals surface area contributed by atoms with Gasteiger partial charge in [-0.15, -0.1) is 11.3 Å². The molecule has 1 aromatic heterocycles. The lowest BCUT2D eigenvalue weighted by Crippen LogP contribution is -1.96. The average Bonchev–Trinajstić information content (AvgIpc) is 3.28. The molecule has 1 heterocycles. The summed E-state index contributed by atoms with van der Waals surface area (Å²) in [5, 5.41) is 6.56. The van der Waals surface area contributed by atoms with Crippen LogP contribution in [0.1, 0.15) is 25.3 Å². The molecule has 6 aromatic rings. The van der Waals surface area contributed by atoms with Gasteiger partial charge < -0.3 is 0 Å². The summed E-state index contributed by atoms with van der Waals surface area (Å²) in [5.74, 6) is 0.426. The summed E-state index contributed by atoms with van der Waals surface area (Å²) in [7, 11) is 0. The van der Waals surface area contributed by atoms with Crippen LogP contribution in [0.25, 0.3) is 53.2 Å². The molecule has 0 saturated carbocycles. The number of benzene rings is 5. The molecule has 154 valence electrons. The number of hydrogen-bond acceptors (Lipinski definition) is 1. The van der Waals surface area contributed by atoms with E-state index in [-0.39, 0.29) is 0 Å². The number of rotatable bonds is 3. The van der Waals surface area contributed by atoms with Crippen molar-refractivity contribution >= 4 is 43.0 Å². The van der Waals surface area contributed by atoms with E-state index in [2.05, 4.69) is 117 Å². The minimum Gasteiger partial charge on any atom is -0.135 e. The molecule has 0 aliphatic carbocycles. The van der Waals surface area contributed by atoms with E-state index in [0.29, 0.717) is 5.92 Å². The van der Waals surface area contributed by atoms with Crippen LogP contribution in [0.3, 0.4) is 0 Å². The zero-order valence-electron chi connectivity index (χ0n) is 18.3. The van der Waals surface area contributed by atoms with E-state index in [1.807, 2.05) is 11.3 Å². The second-order valence-corrected chi connectivity index (χ2v) is 9.85. The molecular formula is C31H24S. The Hall–Kier alpha value is -3.42. The summed E-state index contributed by atoms with van der Waals surface area (Å²) in [5.41, 5.74) is 5.42. The van der Waals surface area contributed by atoms with Crippen LogP contribution in [0.5, 0.6) is 0 Å². The minimum atomic E-state index is 0.426. The predicted molar refractivity (Wildman–Crippen MR) is 142 cm³/mol. The van der Waals surface area contributed by atoms with Crippen molar-refractivity contribution in [1.29, 1.82) is 0 Å². The second kappa shape index (κ2) is 7.62. The van der Waals surface area contributed by atoms with Crippen LogP contribution >= 0.6 is 11.3 Å². The van der Waals surface area contributed by atoms with Gasteiger partial charge in [0, 0.05) is 9.58 Å². The van der Waals surface area contributed by atoms with Gasteiger partial charge in [0.1, 0.15) is 0 Å². The number of thiophene rings is 1. The van der Waals surface area contributed by atoms with Crippen molar-refractivity contribution < 1.29 is 0 Å². The molecule has 0 bridgehead atoms. The van der Waals surface area contributed by atoms with Crippen molar-refractivity contribution in [3.8, 4) is 21.6 Å². The third-order valence-electron chi connectivity index (χ3n) is 6.42. The fourth-order valence-electron chi connectivity index (χ4n) is 4.91. The van der Waals surface area contributed by atoms with Crippen LogP contribution in [-0.2, 0) is 0 Å². The largest absolute Gasteiger partial charge is 0.135 e. The molecule has 32 heavy (non-hydrogen) atoms. The molecule has 5 aromatic carbocycles. The third-order valence-corrected chi connectivity index (χ3v) is 7.64. The van der Waals surface area contributed by atoms with Crippen molar-refractivity contribution in [3.05, 3.63) is 109 Å². The van der Waals surface area contributed by atoms with Gasteiger partial charge in [0.2, 0.25) is 0 Å². The Morgan fingerprint density at radius 1 is 0.562 bits per heavy atom. The molecular weight excluding hydrogens is 404 g/mol. The van der Waals surface area contributed by atoms with Crippen LogP contribution in [0, 0.1) is 0 Å². The van der Waals surface area contributed by atoms with Crippen LogP contribution in [0.15, 0.2) is 103 Å².